The Labute approximate surface area is 150 Å². The van der Waals surface area contributed by atoms with Crippen molar-refractivity contribution in [3.8, 4) is 0 Å². The number of anilines is 1. The molecular formula is C17H19ClN4OS. The van der Waals surface area contributed by atoms with Crippen LogP contribution in [0, 0.1) is 0 Å². The summed E-state index contributed by atoms with van der Waals surface area (Å²) in [4.78, 5) is 27.1. The SMILES string of the molecule is O=C(c1nc(N2CCCC2)ncc1Cl)N(Cc1cccs1)C1CC1. The first-order valence-electron chi connectivity index (χ1n) is 8.33. The molecule has 1 aliphatic carbocycles. The number of carbonyl (C=O) groups excluding carboxylic acids is 1. The number of hydrogen-bond donors (Lipinski definition) is 0. The van der Waals surface area contributed by atoms with Crippen LogP contribution in [-0.4, -0.2) is 39.9 Å². The van der Waals surface area contributed by atoms with E-state index < -0.39 is 0 Å². The second-order valence-electron chi connectivity index (χ2n) is 6.30. The molecule has 3 heterocycles. The summed E-state index contributed by atoms with van der Waals surface area (Å²) in [5.41, 5.74) is 0.331. The Kier molecular flexibility index (Phi) is 4.41. The first kappa shape index (κ1) is 15.8. The van der Waals surface area contributed by atoms with Gasteiger partial charge >= 0.3 is 0 Å². The van der Waals surface area contributed by atoms with Gasteiger partial charge in [0.15, 0.2) is 5.69 Å². The van der Waals surface area contributed by atoms with Crippen LogP contribution in [0.4, 0.5) is 5.95 Å². The molecule has 1 amide bonds. The van der Waals surface area contributed by atoms with E-state index in [1.165, 1.54) is 4.88 Å². The first-order valence-corrected chi connectivity index (χ1v) is 9.59. The van der Waals surface area contributed by atoms with Crippen molar-refractivity contribution in [1.82, 2.24) is 14.9 Å². The molecule has 0 atom stereocenters. The molecule has 0 unspecified atom stereocenters. The number of rotatable bonds is 5. The van der Waals surface area contributed by atoms with Crippen molar-refractivity contribution < 1.29 is 4.79 Å². The zero-order chi connectivity index (χ0) is 16.5. The molecule has 2 aromatic rings. The average molecular weight is 363 g/mol. The number of halogens is 1. The van der Waals surface area contributed by atoms with Crippen LogP contribution in [0.3, 0.4) is 0 Å². The summed E-state index contributed by atoms with van der Waals surface area (Å²) in [5.74, 6) is 0.533. The van der Waals surface area contributed by atoms with E-state index in [9.17, 15) is 4.79 Å². The smallest absolute Gasteiger partial charge is 0.274 e. The topological polar surface area (TPSA) is 49.3 Å². The third-order valence-electron chi connectivity index (χ3n) is 4.48. The van der Waals surface area contributed by atoms with E-state index in [-0.39, 0.29) is 5.91 Å². The van der Waals surface area contributed by atoms with Gasteiger partial charge in [0, 0.05) is 24.0 Å². The van der Waals surface area contributed by atoms with E-state index in [4.69, 9.17) is 11.6 Å². The highest BCUT2D eigenvalue weighted by Crippen LogP contribution is 2.32. The molecule has 126 valence electrons. The Balaban J connectivity index is 1.60. The van der Waals surface area contributed by atoms with Gasteiger partial charge < -0.3 is 9.80 Å². The summed E-state index contributed by atoms with van der Waals surface area (Å²) < 4.78 is 0. The number of carbonyl (C=O) groups is 1. The molecule has 2 aliphatic rings. The van der Waals surface area contributed by atoms with Crippen LogP contribution < -0.4 is 4.90 Å². The molecule has 1 saturated heterocycles. The normalized spacial score (nSPS) is 17.3. The van der Waals surface area contributed by atoms with Crippen molar-refractivity contribution in [2.75, 3.05) is 18.0 Å². The molecule has 0 aromatic carbocycles. The van der Waals surface area contributed by atoms with E-state index in [0.29, 0.717) is 29.3 Å². The van der Waals surface area contributed by atoms with Gasteiger partial charge in [-0.25, -0.2) is 9.97 Å². The highest BCUT2D eigenvalue weighted by atomic mass is 35.5. The Hall–Kier alpha value is -1.66. The number of amides is 1. The molecule has 1 saturated carbocycles. The molecule has 0 spiro atoms. The van der Waals surface area contributed by atoms with E-state index >= 15 is 0 Å². The van der Waals surface area contributed by atoms with Crippen molar-refractivity contribution in [2.45, 2.75) is 38.3 Å². The molecule has 24 heavy (non-hydrogen) atoms. The molecule has 1 aliphatic heterocycles. The third kappa shape index (κ3) is 3.26. The molecule has 0 bridgehead atoms. The summed E-state index contributed by atoms with van der Waals surface area (Å²) in [5, 5.41) is 2.37. The maximum atomic E-state index is 13.1. The number of thiophene rings is 1. The predicted molar refractivity (Wildman–Crippen MR) is 95.7 cm³/mol. The molecule has 5 nitrogen and oxygen atoms in total. The van der Waals surface area contributed by atoms with Crippen LogP contribution in [0.1, 0.15) is 41.0 Å². The minimum Gasteiger partial charge on any atom is -0.341 e. The Morgan fingerprint density at radius 3 is 2.83 bits per heavy atom. The Morgan fingerprint density at radius 1 is 1.38 bits per heavy atom. The van der Waals surface area contributed by atoms with Gasteiger partial charge in [-0.2, -0.15) is 0 Å². The lowest BCUT2D eigenvalue weighted by Crippen LogP contribution is -2.33. The Bertz CT molecular complexity index is 726. The van der Waals surface area contributed by atoms with Crippen molar-refractivity contribution in [1.29, 1.82) is 0 Å². The summed E-state index contributed by atoms with van der Waals surface area (Å²) in [6.07, 6.45) is 5.95. The van der Waals surface area contributed by atoms with Gasteiger partial charge in [-0.1, -0.05) is 17.7 Å². The molecule has 2 fully saturated rings. The predicted octanol–water partition coefficient (Wildman–Crippen LogP) is 3.60. The van der Waals surface area contributed by atoms with E-state index in [2.05, 4.69) is 20.9 Å². The summed E-state index contributed by atoms with van der Waals surface area (Å²) in [6, 6.07) is 4.38. The fraction of sp³-hybridized carbons (Fsp3) is 0.471. The molecule has 4 rings (SSSR count). The van der Waals surface area contributed by atoms with Gasteiger partial charge in [0.25, 0.3) is 5.91 Å². The van der Waals surface area contributed by atoms with Gasteiger partial charge in [0.05, 0.1) is 17.8 Å². The average Bonchev–Trinajstić information content (AvgIpc) is 3.07. The fourth-order valence-corrected chi connectivity index (χ4v) is 3.91. The van der Waals surface area contributed by atoms with Crippen molar-refractivity contribution in [3.63, 3.8) is 0 Å². The summed E-state index contributed by atoms with van der Waals surface area (Å²) in [6.45, 7) is 2.51. The molecule has 0 N–H and O–H groups in total. The van der Waals surface area contributed by atoms with Gasteiger partial charge in [0.1, 0.15) is 0 Å². The van der Waals surface area contributed by atoms with Crippen LogP contribution in [-0.2, 0) is 6.54 Å². The standard InChI is InChI=1S/C17H19ClN4OS/c18-14-10-19-17(21-7-1-2-8-21)20-15(14)16(23)22(12-5-6-12)11-13-4-3-9-24-13/h3-4,9-10,12H,1-2,5-8,11H2. The number of aromatic nitrogens is 2. The lowest BCUT2D eigenvalue weighted by atomic mass is 10.3. The van der Waals surface area contributed by atoms with Crippen LogP contribution in [0.2, 0.25) is 5.02 Å². The van der Waals surface area contributed by atoms with Crippen LogP contribution in [0.25, 0.3) is 0 Å². The molecule has 7 heteroatoms. The second kappa shape index (κ2) is 6.69. The van der Waals surface area contributed by atoms with Crippen molar-refractivity contribution in [3.05, 3.63) is 39.3 Å². The quantitative estimate of drug-likeness (QED) is 0.815. The third-order valence-corrected chi connectivity index (χ3v) is 5.62. The van der Waals surface area contributed by atoms with Gasteiger partial charge in [-0.3, -0.25) is 4.79 Å². The van der Waals surface area contributed by atoms with Crippen molar-refractivity contribution >= 4 is 34.8 Å². The van der Waals surface area contributed by atoms with Crippen molar-refractivity contribution in [2.24, 2.45) is 0 Å². The minimum atomic E-state index is -0.0845. The second-order valence-corrected chi connectivity index (χ2v) is 7.74. The van der Waals surface area contributed by atoms with Crippen LogP contribution in [0.5, 0.6) is 0 Å². The van der Waals surface area contributed by atoms with Gasteiger partial charge in [-0.05, 0) is 37.1 Å². The molecular weight excluding hydrogens is 344 g/mol. The zero-order valence-corrected chi connectivity index (χ0v) is 14.9. The Morgan fingerprint density at radius 2 is 2.17 bits per heavy atom. The zero-order valence-electron chi connectivity index (χ0n) is 13.3. The minimum absolute atomic E-state index is 0.0845. The number of nitrogens with zero attached hydrogens (tertiary/aromatic N) is 4. The largest absolute Gasteiger partial charge is 0.341 e. The lowest BCUT2D eigenvalue weighted by Gasteiger charge is -2.23. The highest BCUT2D eigenvalue weighted by Gasteiger charge is 2.35. The van der Waals surface area contributed by atoms with E-state index in [1.54, 1.807) is 17.5 Å². The molecule has 0 radical (unpaired) electrons. The fourth-order valence-electron chi connectivity index (χ4n) is 3.04. The summed E-state index contributed by atoms with van der Waals surface area (Å²) in [7, 11) is 0. The first-order chi connectivity index (χ1) is 11.7. The van der Waals surface area contributed by atoms with E-state index in [1.807, 2.05) is 16.3 Å². The monoisotopic (exact) mass is 362 g/mol. The van der Waals surface area contributed by atoms with Crippen LogP contribution in [0.15, 0.2) is 23.7 Å². The maximum absolute atomic E-state index is 13.1. The number of hydrogen-bond acceptors (Lipinski definition) is 5. The summed E-state index contributed by atoms with van der Waals surface area (Å²) >= 11 is 7.93. The van der Waals surface area contributed by atoms with Gasteiger partial charge in [0.2, 0.25) is 5.95 Å². The van der Waals surface area contributed by atoms with Crippen LogP contribution >= 0.6 is 22.9 Å². The maximum Gasteiger partial charge on any atom is 0.274 e. The molecule has 2 aromatic heterocycles. The highest BCUT2D eigenvalue weighted by molar-refractivity contribution is 7.09. The van der Waals surface area contributed by atoms with Gasteiger partial charge in [-0.15, -0.1) is 11.3 Å². The van der Waals surface area contributed by atoms with E-state index in [0.717, 1.165) is 38.8 Å². The lowest BCUT2D eigenvalue weighted by molar-refractivity contribution is 0.0726.